The molecule has 3 heteroatoms. The van der Waals surface area contributed by atoms with Crippen LogP contribution in [0.1, 0.15) is 26.7 Å². The van der Waals surface area contributed by atoms with Gasteiger partial charge >= 0.3 is 0 Å². The third kappa shape index (κ3) is 5.89. The van der Waals surface area contributed by atoms with E-state index < -0.39 is 5.78 Å². The molecule has 0 atom stereocenters. The van der Waals surface area contributed by atoms with Crippen molar-refractivity contribution in [3.8, 4) is 0 Å². The van der Waals surface area contributed by atoms with Gasteiger partial charge in [0.15, 0.2) is 18.4 Å². The average Bonchev–Trinajstić information content (AvgIpc) is 2.39. The fourth-order valence-corrected chi connectivity index (χ4v) is 1.12. The Balaban J connectivity index is 5.06. The first-order valence-corrected chi connectivity index (χ1v) is 5.89. The fraction of sp³-hybridized carbons (Fsp3) is 0.267. The molecule has 0 saturated heterocycles. The van der Waals surface area contributed by atoms with Crippen LogP contribution in [-0.4, -0.2) is 18.4 Å². The Morgan fingerprint density at radius 3 is 1.50 bits per heavy atom. The first-order chi connectivity index (χ1) is 8.71. The Morgan fingerprint density at radius 2 is 1.22 bits per heavy atom. The molecule has 96 valence electrons. The smallest absolute Gasteiger partial charge is 0.199 e. The van der Waals surface area contributed by atoms with E-state index in [9.17, 15) is 14.4 Å². The van der Waals surface area contributed by atoms with Gasteiger partial charge in [-0.3, -0.25) is 14.4 Å². The van der Waals surface area contributed by atoms with Crippen LogP contribution in [0.5, 0.6) is 0 Å². The van der Waals surface area contributed by atoms with Crippen LogP contribution in [0.4, 0.5) is 0 Å². The van der Waals surface area contributed by atoms with Crippen molar-refractivity contribution < 1.29 is 14.4 Å². The van der Waals surface area contributed by atoms with Crippen LogP contribution in [0.15, 0.2) is 47.6 Å². The van der Waals surface area contributed by atoms with Gasteiger partial charge in [0.1, 0.15) is 0 Å². The minimum atomic E-state index is -0.554. The van der Waals surface area contributed by atoms with Crippen LogP contribution in [0.3, 0.4) is 0 Å². The summed E-state index contributed by atoms with van der Waals surface area (Å²) in [6, 6.07) is 0. The molecule has 0 aliphatic rings. The number of ketones is 1. The van der Waals surface area contributed by atoms with E-state index in [0.29, 0.717) is 12.6 Å². The molecule has 0 aromatic heterocycles. The Labute approximate surface area is 108 Å². The zero-order chi connectivity index (χ0) is 13.8. The standard InChI is InChI=1S/C15H18O3/c1-3-5-7-9-13(11-16)15(18)14(12-17)10-8-6-4-2/h5-12H,3-4H2,1-2H3. The Kier molecular flexibility index (Phi) is 9.00. The molecule has 0 aliphatic carbocycles. The van der Waals surface area contributed by atoms with Gasteiger partial charge in [-0.1, -0.05) is 38.2 Å². The number of carbonyl (C=O) groups excluding carboxylic acids is 3. The van der Waals surface area contributed by atoms with Crippen molar-refractivity contribution in [3.63, 3.8) is 0 Å². The Hall–Kier alpha value is -2.03. The largest absolute Gasteiger partial charge is 0.298 e. The predicted molar refractivity (Wildman–Crippen MR) is 72.2 cm³/mol. The quantitative estimate of drug-likeness (QED) is 0.217. The van der Waals surface area contributed by atoms with Crippen LogP contribution >= 0.6 is 0 Å². The monoisotopic (exact) mass is 246 g/mol. The lowest BCUT2D eigenvalue weighted by Crippen LogP contribution is -2.08. The molecule has 0 N–H and O–H groups in total. The highest BCUT2D eigenvalue weighted by atomic mass is 16.1. The lowest BCUT2D eigenvalue weighted by Gasteiger charge is -1.96. The minimum Gasteiger partial charge on any atom is -0.298 e. The van der Waals surface area contributed by atoms with E-state index in [1.807, 2.05) is 26.0 Å². The molecule has 0 aromatic carbocycles. The highest BCUT2D eigenvalue weighted by Crippen LogP contribution is 2.04. The molecule has 0 aromatic rings. The van der Waals surface area contributed by atoms with E-state index in [1.165, 1.54) is 12.2 Å². The van der Waals surface area contributed by atoms with Crippen LogP contribution in [-0.2, 0) is 14.4 Å². The molecule has 0 heterocycles. The molecule has 18 heavy (non-hydrogen) atoms. The summed E-state index contributed by atoms with van der Waals surface area (Å²) in [6.07, 6.45) is 12.3. The molecular formula is C15H18O3. The number of hydrogen-bond donors (Lipinski definition) is 0. The summed E-state index contributed by atoms with van der Waals surface area (Å²) >= 11 is 0. The van der Waals surface area contributed by atoms with E-state index in [0.717, 1.165) is 12.8 Å². The van der Waals surface area contributed by atoms with E-state index in [4.69, 9.17) is 0 Å². The summed E-state index contributed by atoms with van der Waals surface area (Å²) in [5, 5.41) is 0. The molecule has 0 unspecified atom stereocenters. The third-order valence-corrected chi connectivity index (χ3v) is 2.07. The van der Waals surface area contributed by atoms with Crippen molar-refractivity contribution >= 4 is 18.4 Å². The van der Waals surface area contributed by atoms with Gasteiger partial charge in [-0.25, -0.2) is 0 Å². The third-order valence-electron chi connectivity index (χ3n) is 2.07. The summed E-state index contributed by atoms with van der Waals surface area (Å²) in [5.41, 5.74) is -0.0501. The molecule has 0 radical (unpaired) electrons. The maximum absolute atomic E-state index is 11.8. The molecule has 0 spiro atoms. The highest BCUT2D eigenvalue weighted by molar-refractivity contribution is 6.27. The normalized spacial score (nSPS) is 13.2. The zero-order valence-corrected chi connectivity index (χ0v) is 10.8. The predicted octanol–water partition coefficient (Wildman–Crippen LogP) is 2.74. The van der Waals surface area contributed by atoms with Crippen molar-refractivity contribution in [2.24, 2.45) is 0 Å². The molecule has 0 bridgehead atoms. The Morgan fingerprint density at radius 1 is 0.833 bits per heavy atom. The van der Waals surface area contributed by atoms with Gasteiger partial charge < -0.3 is 0 Å². The summed E-state index contributed by atoms with van der Waals surface area (Å²) < 4.78 is 0. The van der Waals surface area contributed by atoms with Crippen LogP contribution in [0, 0.1) is 0 Å². The minimum absolute atomic E-state index is 0.0250. The maximum atomic E-state index is 11.8. The number of allylic oxidation sites excluding steroid dienone is 8. The molecule has 0 saturated carbocycles. The zero-order valence-electron chi connectivity index (χ0n) is 10.8. The van der Waals surface area contributed by atoms with Crippen molar-refractivity contribution in [1.29, 1.82) is 0 Å². The maximum Gasteiger partial charge on any atom is 0.199 e. The van der Waals surface area contributed by atoms with Gasteiger partial charge in [-0.05, 0) is 25.0 Å². The SMILES string of the molecule is CCC=CC=C(C=O)C(=O)C(C=O)=CC=CCC. The number of rotatable bonds is 8. The van der Waals surface area contributed by atoms with E-state index in [-0.39, 0.29) is 11.1 Å². The second kappa shape index (κ2) is 10.1. The molecular weight excluding hydrogens is 228 g/mol. The number of aldehydes is 2. The highest BCUT2D eigenvalue weighted by Gasteiger charge is 2.12. The number of Topliss-reactive ketones (excluding diaryl/α,β-unsaturated/α-hetero) is 1. The van der Waals surface area contributed by atoms with Gasteiger partial charge in [0.2, 0.25) is 0 Å². The molecule has 3 nitrogen and oxygen atoms in total. The topological polar surface area (TPSA) is 51.2 Å². The van der Waals surface area contributed by atoms with E-state index in [2.05, 4.69) is 0 Å². The number of hydrogen-bond acceptors (Lipinski definition) is 3. The van der Waals surface area contributed by atoms with Gasteiger partial charge in [0.25, 0.3) is 0 Å². The first-order valence-electron chi connectivity index (χ1n) is 5.89. The van der Waals surface area contributed by atoms with E-state index >= 15 is 0 Å². The molecule has 0 aliphatic heterocycles. The second-order valence-corrected chi connectivity index (χ2v) is 3.48. The first kappa shape index (κ1) is 16.0. The van der Waals surface area contributed by atoms with Gasteiger partial charge in [-0.2, -0.15) is 0 Å². The number of carbonyl (C=O) groups is 3. The van der Waals surface area contributed by atoms with Gasteiger partial charge in [0, 0.05) is 0 Å². The summed E-state index contributed by atoms with van der Waals surface area (Å²) in [4.78, 5) is 33.4. The molecule has 0 fully saturated rings. The Bertz CT molecular complexity index is 371. The van der Waals surface area contributed by atoms with E-state index in [1.54, 1.807) is 12.2 Å². The van der Waals surface area contributed by atoms with Crippen LogP contribution in [0.25, 0.3) is 0 Å². The van der Waals surface area contributed by atoms with Crippen molar-refractivity contribution in [1.82, 2.24) is 0 Å². The van der Waals surface area contributed by atoms with Crippen molar-refractivity contribution in [2.75, 3.05) is 0 Å². The summed E-state index contributed by atoms with van der Waals surface area (Å²) in [5.74, 6) is -0.554. The molecule has 0 rings (SSSR count). The average molecular weight is 246 g/mol. The summed E-state index contributed by atoms with van der Waals surface area (Å²) in [7, 11) is 0. The van der Waals surface area contributed by atoms with Gasteiger partial charge in [-0.15, -0.1) is 0 Å². The van der Waals surface area contributed by atoms with Crippen molar-refractivity contribution in [2.45, 2.75) is 26.7 Å². The molecule has 0 amide bonds. The van der Waals surface area contributed by atoms with Gasteiger partial charge in [0.05, 0.1) is 11.1 Å². The lowest BCUT2D eigenvalue weighted by atomic mass is 10.0. The van der Waals surface area contributed by atoms with Crippen molar-refractivity contribution in [3.05, 3.63) is 47.6 Å². The van der Waals surface area contributed by atoms with Crippen LogP contribution in [0.2, 0.25) is 0 Å². The lowest BCUT2D eigenvalue weighted by molar-refractivity contribution is -0.116. The second-order valence-electron chi connectivity index (χ2n) is 3.48. The fourth-order valence-electron chi connectivity index (χ4n) is 1.12. The van der Waals surface area contributed by atoms with Crippen LogP contribution < -0.4 is 0 Å². The summed E-state index contributed by atoms with van der Waals surface area (Å²) in [6.45, 7) is 3.89.